The molecule has 0 aromatic rings. The zero-order chi connectivity index (χ0) is 32.9. The third-order valence-corrected chi connectivity index (χ3v) is 5.86. The summed E-state index contributed by atoms with van der Waals surface area (Å²) in [6.45, 7) is 18.2. The molecule has 0 saturated carbocycles. The highest BCUT2D eigenvalue weighted by molar-refractivity contribution is 5.69. The molecule has 0 aliphatic rings. The van der Waals surface area contributed by atoms with Gasteiger partial charge in [-0.15, -0.1) is 0 Å². The van der Waals surface area contributed by atoms with Gasteiger partial charge in [-0.3, -0.25) is 4.79 Å². The zero-order valence-electron chi connectivity index (χ0n) is 29.0. The van der Waals surface area contributed by atoms with Crippen LogP contribution in [-0.4, -0.2) is 144 Å². The Kier molecular flexibility index (Phi) is 35.2. The number of carbonyl (C=O) groups excluding carboxylic acids is 1. The fourth-order valence-corrected chi connectivity index (χ4v) is 3.61. The molecule has 0 radical (unpaired) electrons. The lowest BCUT2D eigenvalue weighted by molar-refractivity contribution is -0.156. The van der Waals surface area contributed by atoms with E-state index in [1.54, 1.807) is 0 Å². The molecule has 0 unspecified atom stereocenters. The number of hydrogen-bond donors (Lipinski definition) is 0. The second-order valence-electron chi connectivity index (χ2n) is 11.2. The minimum Gasteiger partial charge on any atom is -0.460 e. The largest absolute Gasteiger partial charge is 0.460 e. The van der Waals surface area contributed by atoms with Crippen LogP contribution in [-0.2, 0) is 56.9 Å². The number of unbranched alkanes of at least 4 members (excludes halogenated alkanes) is 5. The number of hydrogen-bond acceptors (Lipinski definition) is 12. The average molecular weight is 655 g/mol. The fraction of sp³-hybridized carbons (Fsp3) is 0.970. The highest BCUT2D eigenvalue weighted by Crippen LogP contribution is 2.08. The summed E-state index contributed by atoms with van der Waals surface area (Å²) in [6.07, 6.45) is 7.91. The normalized spacial score (nSPS) is 11.8. The Labute approximate surface area is 273 Å². The number of ether oxygens (including phenoxy) is 11. The van der Waals surface area contributed by atoms with Crippen LogP contribution in [0.1, 0.15) is 72.6 Å². The standard InChI is InChI=1S/C33H66O12/c1-5-6-7-8-9-10-12-35-14-16-37-18-20-39-22-24-41-26-28-43-30-31-44-29-27-42-25-23-40-21-19-38-17-15-36-13-11-32(34)45-33(2,3)4/h5-31H2,1-4H3. The first-order chi connectivity index (χ1) is 22.0. The maximum atomic E-state index is 11.6. The van der Waals surface area contributed by atoms with Crippen LogP contribution in [0.5, 0.6) is 0 Å². The summed E-state index contributed by atoms with van der Waals surface area (Å²) in [4.78, 5) is 11.6. The van der Waals surface area contributed by atoms with E-state index >= 15 is 0 Å². The summed E-state index contributed by atoms with van der Waals surface area (Å²) in [5.74, 6) is -0.261. The predicted octanol–water partition coefficient (Wildman–Crippen LogP) is 4.24. The van der Waals surface area contributed by atoms with Crippen molar-refractivity contribution in [1.82, 2.24) is 0 Å². The third-order valence-electron chi connectivity index (χ3n) is 5.86. The van der Waals surface area contributed by atoms with E-state index in [4.69, 9.17) is 52.1 Å². The van der Waals surface area contributed by atoms with Crippen LogP contribution in [0.15, 0.2) is 0 Å². The number of rotatable bonds is 37. The van der Waals surface area contributed by atoms with Crippen molar-refractivity contribution in [2.45, 2.75) is 78.2 Å². The molecule has 270 valence electrons. The topological polar surface area (TPSA) is 119 Å². The molecule has 12 nitrogen and oxygen atoms in total. The molecule has 0 atom stereocenters. The maximum absolute atomic E-state index is 11.6. The average Bonchev–Trinajstić information content (AvgIpc) is 3.00. The summed E-state index contributed by atoms with van der Waals surface area (Å²) in [7, 11) is 0. The van der Waals surface area contributed by atoms with E-state index in [0.717, 1.165) is 13.0 Å². The molecule has 12 heteroatoms. The first-order valence-corrected chi connectivity index (χ1v) is 16.9. The first-order valence-electron chi connectivity index (χ1n) is 16.9. The van der Waals surface area contributed by atoms with Gasteiger partial charge in [0.15, 0.2) is 0 Å². The van der Waals surface area contributed by atoms with E-state index in [1.807, 2.05) is 20.8 Å². The Morgan fingerprint density at radius 2 is 0.644 bits per heavy atom. The van der Waals surface area contributed by atoms with Crippen molar-refractivity contribution in [2.75, 3.05) is 132 Å². The molecule has 0 N–H and O–H groups in total. The van der Waals surface area contributed by atoms with Gasteiger partial charge in [0.25, 0.3) is 0 Å². The molecule has 0 saturated heterocycles. The predicted molar refractivity (Wildman–Crippen MR) is 172 cm³/mol. The first kappa shape index (κ1) is 44.1. The Morgan fingerprint density at radius 3 is 0.956 bits per heavy atom. The van der Waals surface area contributed by atoms with Crippen LogP contribution in [0.2, 0.25) is 0 Å². The second kappa shape index (κ2) is 35.9. The maximum Gasteiger partial charge on any atom is 0.308 e. The number of carbonyl (C=O) groups is 1. The minimum atomic E-state index is -0.470. The fourth-order valence-electron chi connectivity index (χ4n) is 3.61. The smallest absolute Gasteiger partial charge is 0.308 e. The van der Waals surface area contributed by atoms with Crippen molar-refractivity contribution in [1.29, 1.82) is 0 Å². The van der Waals surface area contributed by atoms with Crippen LogP contribution in [0.3, 0.4) is 0 Å². The third kappa shape index (κ3) is 41.0. The summed E-state index contributed by atoms with van der Waals surface area (Å²) in [5.41, 5.74) is -0.470. The van der Waals surface area contributed by atoms with E-state index in [0.29, 0.717) is 126 Å². The molecule has 0 aromatic carbocycles. The molecule has 0 bridgehead atoms. The van der Waals surface area contributed by atoms with Gasteiger partial charge in [-0.1, -0.05) is 39.0 Å². The van der Waals surface area contributed by atoms with Crippen LogP contribution in [0, 0.1) is 0 Å². The molecule has 0 amide bonds. The molecular formula is C33H66O12. The van der Waals surface area contributed by atoms with E-state index < -0.39 is 5.60 Å². The number of esters is 1. The van der Waals surface area contributed by atoms with Gasteiger partial charge in [0, 0.05) is 6.61 Å². The lowest BCUT2D eigenvalue weighted by Gasteiger charge is -2.19. The van der Waals surface area contributed by atoms with Gasteiger partial charge in [-0.2, -0.15) is 0 Å². The molecule has 0 heterocycles. The van der Waals surface area contributed by atoms with E-state index in [1.165, 1.54) is 32.1 Å². The van der Waals surface area contributed by atoms with Gasteiger partial charge in [0.2, 0.25) is 0 Å². The summed E-state index contributed by atoms with van der Waals surface area (Å²) in [6, 6.07) is 0. The quantitative estimate of drug-likeness (QED) is 0.0704. The molecule has 0 spiro atoms. The summed E-state index contributed by atoms with van der Waals surface area (Å²) in [5, 5.41) is 0. The molecule has 45 heavy (non-hydrogen) atoms. The lowest BCUT2D eigenvalue weighted by Crippen LogP contribution is -2.24. The van der Waals surface area contributed by atoms with Crippen molar-refractivity contribution >= 4 is 5.97 Å². The summed E-state index contributed by atoms with van der Waals surface area (Å²) < 4.78 is 60.0. The van der Waals surface area contributed by atoms with Crippen molar-refractivity contribution < 1.29 is 56.9 Å². The lowest BCUT2D eigenvalue weighted by atomic mass is 10.1. The molecule has 0 aliphatic carbocycles. The van der Waals surface area contributed by atoms with Crippen molar-refractivity contribution in [3.05, 3.63) is 0 Å². The van der Waals surface area contributed by atoms with Crippen LogP contribution in [0.4, 0.5) is 0 Å². The Balaban J connectivity index is 3.09. The van der Waals surface area contributed by atoms with Crippen LogP contribution in [0.25, 0.3) is 0 Å². The van der Waals surface area contributed by atoms with Gasteiger partial charge >= 0.3 is 5.97 Å². The molecule has 0 rings (SSSR count). The molecule has 0 aliphatic heterocycles. The molecule has 0 fully saturated rings. The molecule has 0 aromatic heterocycles. The monoisotopic (exact) mass is 654 g/mol. The molecular weight excluding hydrogens is 588 g/mol. The van der Waals surface area contributed by atoms with Crippen molar-refractivity contribution in [2.24, 2.45) is 0 Å². The summed E-state index contributed by atoms with van der Waals surface area (Å²) >= 11 is 0. The minimum absolute atomic E-state index is 0.236. The van der Waals surface area contributed by atoms with Gasteiger partial charge in [-0.25, -0.2) is 0 Å². The van der Waals surface area contributed by atoms with Crippen molar-refractivity contribution in [3.8, 4) is 0 Å². The van der Waals surface area contributed by atoms with Gasteiger partial charge < -0.3 is 52.1 Å². The van der Waals surface area contributed by atoms with Gasteiger partial charge in [0.1, 0.15) is 5.60 Å². The van der Waals surface area contributed by atoms with Gasteiger partial charge in [0.05, 0.1) is 132 Å². The Hall–Kier alpha value is -0.930. The van der Waals surface area contributed by atoms with Crippen LogP contribution >= 0.6 is 0 Å². The van der Waals surface area contributed by atoms with Gasteiger partial charge in [-0.05, 0) is 27.2 Å². The second-order valence-corrected chi connectivity index (χ2v) is 11.2. The zero-order valence-corrected chi connectivity index (χ0v) is 29.0. The highest BCUT2D eigenvalue weighted by atomic mass is 16.6. The van der Waals surface area contributed by atoms with Crippen LogP contribution < -0.4 is 0 Å². The van der Waals surface area contributed by atoms with E-state index in [-0.39, 0.29) is 12.4 Å². The Morgan fingerprint density at radius 1 is 0.378 bits per heavy atom. The Bertz CT molecular complexity index is 589. The van der Waals surface area contributed by atoms with E-state index in [9.17, 15) is 4.79 Å². The SMILES string of the molecule is CCCCCCCCOCCOCCOCCOCCOCCOCCOCCOCCOCCOCCC(=O)OC(C)(C)C. The van der Waals surface area contributed by atoms with Crippen molar-refractivity contribution in [3.63, 3.8) is 0 Å². The van der Waals surface area contributed by atoms with E-state index in [2.05, 4.69) is 6.92 Å². The highest BCUT2D eigenvalue weighted by Gasteiger charge is 2.15.